The SMILES string of the molecule is COc1ccc([C@H](C)N2CCN(c3cc(C)c(C=O)cc3C)CC2)cc1OC. The number of rotatable bonds is 6. The lowest BCUT2D eigenvalue weighted by Crippen LogP contribution is -2.47. The van der Waals surface area contributed by atoms with E-state index in [9.17, 15) is 4.79 Å². The lowest BCUT2D eigenvalue weighted by molar-refractivity contribution is 0.112. The minimum absolute atomic E-state index is 0.308. The van der Waals surface area contributed by atoms with Crippen LogP contribution in [0.4, 0.5) is 5.69 Å². The summed E-state index contributed by atoms with van der Waals surface area (Å²) in [7, 11) is 3.33. The monoisotopic (exact) mass is 382 g/mol. The molecule has 1 aliphatic rings. The van der Waals surface area contributed by atoms with Crippen LogP contribution in [0.5, 0.6) is 11.5 Å². The largest absolute Gasteiger partial charge is 0.493 e. The number of piperazine rings is 1. The second-order valence-corrected chi connectivity index (χ2v) is 7.43. The molecule has 3 rings (SSSR count). The molecule has 0 radical (unpaired) electrons. The molecule has 0 unspecified atom stereocenters. The van der Waals surface area contributed by atoms with E-state index in [1.807, 2.05) is 19.1 Å². The first-order valence-corrected chi connectivity index (χ1v) is 9.75. The van der Waals surface area contributed by atoms with Gasteiger partial charge in [0.2, 0.25) is 0 Å². The van der Waals surface area contributed by atoms with Crippen molar-refractivity contribution in [3.8, 4) is 11.5 Å². The van der Waals surface area contributed by atoms with Crippen molar-refractivity contribution >= 4 is 12.0 Å². The molecule has 2 aromatic rings. The van der Waals surface area contributed by atoms with Gasteiger partial charge in [0.1, 0.15) is 6.29 Å². The van der Waals surface area contributed by atoms with E-state index >= 15 is 0 Å². The molecule has 0 N–H and O–H groups in total. The molecule has 0 aromatic heterocycles. The highest BCUT2D eigenvalue weighted by Gasteiger charge is 2.24. The first-order chi connectivity index (χ1) is 13.5. The molecule has 28 heavy (non-hydrogen) atoms. The number of benzene rings is 2. The fourth-order valence-corrected chi connectivity index (χ4v) is 3.96. The standard InChI is InChI=1S/C23H30N2O3/c1-16-13-21(17(2)12-20(16)15-26)25-10-8-24(9-11-25)18(3)19-6-7-22(27-4)23(14-19)28-5/h6-7,12-15,18H,8-11H2,1-5H3/t18-/m0/s1. The first kappa shape index (κ1) is 20.2. The van der Waals surface area contributed by atoms with Gasteiger partial charge in [0.05, 0.1) is 14.2 Å². The Bertz CT molecular complexity index is 842. The Morgan fingerprint density at radius 1 is 0.929 bits per heavy atom. The molecule has 150 valence electrons. The highest BCUT2D eigenvalue weighted by molar-refractivity contribution is 5.79. The Morgan fingerprint density at radius 3 is 2.21 bits per heavy atom. The van der Waals surface area contributed by atoms with E-state index in [-0.39, 0.29) is 0 Å². The smallest absolute Gasteiger partial charge is 0.161 e. The molecular formula is C23H30N2O3. The molecule has 0 aliphatic carbocycles. The van der Waals surface area contributed by atoms with Crippen molar-refractivity contribution in [1.29, 1.82) is 0 Å². The summed E-state index contributed by atoms with van der Waals surface area (Å²) in [6.45, 7) is 10.2. The third-order valence-corrected chi connectivity index (χ3v) is 5.80. The lowest BCUT2D eigenvalue weighted by atomic mass is 10.0. The van der Waals surface area contributed by atoms with E-state index in [0.29, 0.717) is 6.04 Å². The van der Waals surface area contributed by atoms with E-state index in [4.69, 9.17) is 9.47 Å². The van der Waals surface area contributed by atoms with E-state index in [1.165, 1.54) is 11.3 Å². The summed E-state index contributed by atoms with van der Waals surface area (Å²) >= 11 is 0. The number of methoxy groups -OCH3 is 2. The molecule has 1 aliphatic heterocycles. The number of anilines is 1. The summed E-state index contributed by atoms with van der Waals surface area (Å²) < 4.78 is 10.8. The Kier molecular flexibility index (Phi) is 6.25. The molecule has 5 nitrogen and oxygen atoms in total. The average molecular weight is 383 g/mol. The highest BCUT2D eigenvalue weighted by atomic mass is 16.5. The van der Waals surface area contributed by atoms with Gasteiger partial charge in [0, 0.05) is 43.5 Å². The van der Waals surface area contributed by atoms with E-state index in [2.05, 4.69) is 41.8 Å². The van der Waals surface area contributed by atoms with Crippen molar-refractivity contribution in [2.24, 2.45) is 0 Å². The zero-order chi connectivity index (χ0) is 20.3. The van der Waals surface area contributed by atoms with Gasteiger partial charge in [-0.25, -0.2) is 0 Å². The van der Waals surface area contributed by atoms with Gasteiger partial charge in [-0.05, 0) is 61.7 Å². The van der Waals surface area contributed by atoms with E-state index in [1.54, 1.807) is 14.2 Å². The van der Waals surface area contributed by atoms with Gasteiger partial charge >= 0.3 is 0 Å². The number of nitrogens with zero attached hydrogens (tertiary/aromatic N) is 2. The van der Waals surface area contributed by atoms with E-state index < -0.39 is 0 Å². The molecule has 5 heteroatoms. The normalized spacial score (nSPS) is 16.0. The Hall–Kier alpha value is -2.53. The van der Waals surface area contributed by atoms with Crippen molar-refractivity contribution < 1.29 is 14.3 Å². The van der Waals surface area contributed by atoms with Crippen molar-refractivity contribution in [2.45, 2.75) is 26.8 Å². The molecule has 0 amide bonds. The van der Waals surface area contributed by atoms with Crippen LogP contribution >= 0.6 is 0 Å². The molecule has 0 spiro atoms. The summed E-state index contributed by atoms with van der Waals surface area (Å²) in [5, 5.41) is 0. The molecule has 1 heterocycles. The van der Waals surface area contributed by atoms with Crippen molar-refractivity contribution in [1.82, 2.24) is 4.90 Å². The van der Waals surface area contributed by atoms with Crippen LogP contribution in [0.1, 0.15) is 40.0 Å². The lowest BCUT2D eigenvalue weighted by Gasteiger charge is -2.40. The maximum Gasteiger partial charge on any atom is 0.161 e. The average Bonchev–Trinajstić information content (AvgIpc) is 2.74. The summed E-state index contributed by atoms with van der Waals surface area (Å²) in [6.07, 6.45) is 0.939. The van der Waals surface area contributed by atoms with Gasteiger partial charge in [-0.2, -0.15) is 0 Å². The van der Waals surface area contributed by atoms with E-state index in [0.717, 1.165) is 60.7 Å². The van der Waals surface area contributed by atoms with Crippen molar-refractivity contribution in [3.63, 3.8) is 0 Å². The summed E-state index contributed by atoms with van der Waals surface area (Å²) in [6, 6.07) is 10.6. The van der Waals surface area contributed by atoms with Gasteiger partial charge in [0.15, 0.2) is 11.5 Å². The predicted molar refractivity (Wildman–Crippen MR) is 113 cm³/mol. The second kappa shape index (κ2) is 8.65. The van der Waals surface area contributed by atoms with Crippen LogP contribution in [0, 0.1) is 13.8 Å². The zero-order valence-corrected chi connectivity index (χ0v) is 17.5. The number of ether oxygens (including phenoxy) is 2. The van der Waals surface area contributed by atoms with Crippen LogP contribution in [0.15, 0.2) is 30.3 Å². The summed E-state index contributed by atoms with van der Waals surface area (Å²) in [4.78, 5) is 16.1. The molecule has 2 aromatic carbocycles. The molecule has 0 saturated carbocycles. The van der Waals surface area contributed by atoms with Crippen LogP contribution in [0.25, 0.3) is 0 Å². The van der Waals surface area contributed by atoms with Crippen LogP contribution in [-0.2, 0) is 0 Å². The summed E-state index contributed by atoms with van der Waals surface area (Å²) in [5.41, 5.74) is 5.45. The van der Waals surface area contributed by atoms with Gasteiger partial charge < -0.3 is 14.4 Å². The third kappa shape index (κ3) is 3.99. The number of hydrogen-bond donors (Lipinski definition) is 0. The molecule has 1 saturated heterocycles. The predicted octanol–water partition coefficient (Wildman–Crippen LogP) is 4.02. The Morgan fingerprint density at radius 2 is 1.61 bits per heavy atom. The maximum absolute atomic E-state index is 11.2. The fourth-order valence-electron chi connectivity index (χ4n) is 3.96. The number of hydrogen-bond acceptors (Lipinski definition) is 5. The Balaban J connectivity index is 1.70. The molecule has 1 fully saturated rings. The number of aryl methyl sites for hydroxylation is 2. The fraction of sp³-hybridized carbons (Fsp3) is 0.435. The number of carbonyl (C=O) groups is 1. The highest BCUT2D eigenvalue weighted by Crippen LogP contribution is 2.33. The molecule has 0 bridgehead atoms. The summed E-state index contributed by atoms with van der Waals surface area (Å²) in [5.74, 6) is 1.53. The van der Waals surface area contributed by atoms with Gasteiger partial charge in [-0.1, -0.05) is 6.07 Å². The first-order valence-electron chi connectivity index (χ1n) is 9.75. The van der Waals surface area contributed by atoms with Crippen molar-refractivity contribution in [3.05, 3.63) is 52.6 Å². The number of aldehydes is 1. The maximum atomic E-state index is 11.2. The van der Waals surface area contributed by atoms with Crippen LogP contribution in [0.2, 0.25) is 0 Å². The van der Waals surface area contributed by atoms with Gasteiger partial charge in [-0.15, -0.1) is 0 Å². The minimum atomic E-state index is 0.308. The van der Waals surface area contributed by atoms with Crippen LogP contribution in [0.3, 0.4) is 0 Å². The van der Waals surface area contributed by atoms with Crippen LogP contribution < -0.4 is 14.4 Å². The minimum Gasteiger partial charge on any atom is -0.493 e. The second-order valence-electron chi connectivity index (χ2n) is 7.43. The molecular weight excluding hydrogens is 352 g/mol. The Labute approximate surface area is 167 Å². The van der Waals surface area contributed by atoms with Gasteiger partial charge in [0.25, 0.3) is 0 Å². The van der Waals surface area contributed by atoms with Crippen molar-refractivity contribution in [2.75, 3.05) is 45.3 Å². The quantitative estimate of drug-likeness (QED) is 0.706. The zero-order valence-electron chi connectivity index (χ0n) is 17.5. The topological polar surface area (TPSA) is 42.0 Å². The third-order valence-electron chi connectivity index (χ3n) is 5.80. The molecule has 1 atom stereocenters. The number of carbonyl (C=O) groups excluding carboxylic acids is 1. The van der Waals surface area contributed by atoms with Crippen LogP contribution in [-0.4, -0.2) is 51.6 Å². The van der Waals surface area contributed by atoms with Gasteiger partial charge in [-0.3, -0.25) is 9.69 Å².